The summed E-state index contributed by atoms with van der Waals surface area (Å²) in [6.07, 6.45) is 6.80. The van der Waals surface area contributed by atoms with Crippen LogP contribution in [0.2, 0.25) is 0 Å². The number of carbonyl (C=O) groups excluding carboxylic acids is 1. The van der Waals surface area contributed by atoms with Gasteiger partial charge in [-0.05, 0) is 17.5 Å². The van der Waals surface area contributed by atoms with E-state index in [-0.39, 0.29) is 17.4 Å². The molecule has 3 N–H and O–H groups in total. The molecule has 140 valence electrons. The van der Waals surface area contributed by atoms with Gasteiger partial charge in [-0.25, -0.2) is 15.0 Å². The minimum absolute atomic E-state index is 0.0578. The van der Waals surface area contributed by atoms with Crippen molar-refractivity contribution >= 4 is 11.7 Å². The summed E-state index contributed by atoms with van der Waals surface area (Å²) in [6, 6.07) is 8.97. The third-order valence-electron chi connectivity index (χ3n) is 4.41. The van der Waals surface area contributed by atoms with E-state index in [0.717, 1.165) is 5.56 Å². The number of carbonyl (C=O) groups is 1. The highest BCUT2D eigenvalue weighted by Crippen LogP contribution is 2.23. The van der Waals surface area contributed by atoms with Crippen molar-refractivity contribution in [3.63, 3.8) is 0 Å². The molecule has 0 bridgehead atoms. The van der Waals surface area contributed by atoms with Gasteiger partial charge in [-0.3, -0.25) is 4.79 Å². The summed E-state index contributed by atoms with van der Waals surface area (Å²) < 4.78 is 1.97. The highest BCUT2D eigenvalue weighted by atomic mass is 16.1. The fourth-order valence-electron chi connectivity index (χ4n) is 2.73. The predicted molar refractivity (Wildman–Crippen MR) is 105 cm³/mol. The van der Waals surface area contributed by atoms with Gasteiger partial charge in [-0.1, -0.05) is 32.9 Å². The molecular formula is C20H24N6O. The van der Waals surface area contributed by atoms with Gasteiger partial charge in [0.25, 0.3) is 5.91 Å². The van der Waals surface area contributed by atoms with Crippen LogP contribution < -0.4 is 11.1 Å². The normalized spacial score (nSPS) is 12.6. The van der Waals surface area contributed by atoms with Crippen LogP contribution in [-0.2, 0) is 6.54 Å². The minimum atomic E-state index is -0.126. The first-order valence-corrected chi connectivity index (χ1v) is 8.77. The molecule has 1 unspecified atom stereocenters. The maximum atomic E-state index is 12.9. The number of imidazole rings is 1. The Morgan fingerprint density at radius 2 is 2.07 bits per heavy atom. The van der Waals surface area contributed by atoms with E-state index in [0.29, 0.717) is 23.6 Å². The minimum Gasteiger partial charge on any atom is -0.384 e. The van der Waals surface area contributed by atoms with Gasteiger partial charge >= 0.3 is 0 Å². The van der Waals surface area contributed by atoms with Gasteiger partial charge in [0.1, 0.15) is 12.1 Å². The van der Waals surface area contributed by atoms with Crippen LogP contribution in [0, 0.1) is 5.41 Å². The zero-order valence-electron chi connectivity index (χ0n) is 15.8. The number of benzene rings is 1. The van der Waals surface area contributed by atoms with E-state index < -0.39 is 0 Å². The molecule has 3 rings (SSSR count). The molecule has 0 spiro atoms. The third kappa shape index (κ3) is 4.69. The molecular weight excluding hydrogens is 340 g/mol. The predicted octanol–water partition coefficient (Wildman–Crippen LogP) is 2.77. The summed E-state index contributed by atoms with van der Waals surface area (Å²) in [5.41, 5.74) is 7.70. The molecule has 0 saturated carbocycles. The van der Waals surface area contributed by atoms with Gasteiger partial charge in [0.05, 0.1) is 18.1 Å². The van der Waals surface area contributed by atoms with E-state index in [4.69, 9.17) is 5.73 Å². The number of nitrogen functional groups attached to an aromatic ring is 1. The SMILES string of the molecule is CC(C)(C)C(Cn1ccnc1)NC(=O)c1cccc(-c2cc(N)ncn2)c1. The number of nitrogens with two attached hydrogens (primary N) is 1. The van der Waals surface area contributed by atoms with Crippen molar-refractivity contribution in [1.82, 2.24) is 24.8 Å². The number of nitrogens with one attached hydrogen (secondary N) is 1. The van der Waals surface area contributed by atoms with Crippen LogP contribution >= 0.6 is 0 Å². The highest BCUT2D eigenvalue weighted by Gasteiger charge is 2.27. The molecule has 2 aromatic heterocycles. The third-order valence-corrected chi connectivity index (χ3v) is 4.41. The molecule has 0 aliphatic carbocycles. The fraction of sp³-hybridized carbons (Fsp3) is 0.300. The number of anilines is 1. The highest BCUT2D eigenvalue weighted by molar-refractivity contribution is 5.95. The van der Waals surface area contributed by atoms with Gasteiger partial charge < -0.3 is 15.6 Å². The van der Waals surface area contributed by atoms with Gasteiger partial charge in [-0.2, -0.15) is 0 Å². The largest absolute Gasteiger partial charge is 0.384 e. The summed E-state index contributed by atoms with van der Waals surface area (Å²) in [5, 5.41) is 3.16. The Morgan fingerprint density at radius 1 is 1.26 bits per heavy atom. The Kier molecular flexibility index (Phi) is 5.21. The van der Waals surface area contributed by atoms with Crippen LogP contribution in [0.3, 0.4) is 0 Å². The lowest BCUT2D eigenvalue weighted by atomic mass is 9.86. The van der Waals surface area contributed by atoms with Crippen LogP contribution in [0.1, 0.15) is 31.1 Å². The fourth-order valence-corrected chi connectivity index (χ4v) is 2.73. The average molecular weight is 364 g/mol. The molecule has 0 saturated heterocycles. The summed E-state index contributed by atoms with van der Waals surface area (Å²) in [5.74, 6) is 0.266. The maximum Gasteiger partial charge on any atom is 0.251 e. The number of rotatable bonds is 5. The van der Waals surface area contributed by atoms with Gasteiger partial charge in [-0.15, -0.1) is 0 Å². The van der Waals surface area contributed by atoms with Crippen molar-refractivity contribution < 1.29 is 4.79 Å². The zero-order valence-corrected chi connectivity index (χ0v) is 15.8. The molecule has 1 amide bonds. The van der Waals surface area contributed by atoms with E-state index in [1.165, 1.54) is 6.33 Å². The summed E-state index contributed by atoms with van der Waals surface area (Å²) in [7, 11) is 0. The number of aromatic nitrogens is 4. The molecule has 0 aliphatic heterocycles. The van der Waals surface area contributed by atoms with Crippen molar-refractivity contribution in [3.05, 3.63) is 60.9 Å². The smallest absolute Gasteiger partial charge is 0.251 e. The van der Waals surface area contributed by atoms with E-state index >= 15 is 0 Å². The first-order valence-electron chi connectivity index (χ1n) is 8.77. The first kappa shape index (κ1) is 18.6. The molecule has 0 radical (unpaired) electrons. The molecule has 2 heterocycles. The van der Waals surface area contributed by atoms with Crippen LogP contribution in [0.25, 0.3) is 11.3 Å². The lowest BCUT2D eigenvalue weighted by Crippen LogP contribution is -2.46. The molecule has 0 fully saturated rings. The molecule has 7 nitrogen and oxygen atoms in total. The van der Waals surface area contributed by atoms with Crippen molar-refractivity contribution in [2.24, 2.45) is 5.41 Å². The Hall–Kier alpha value is -3.22. The van der Waals surface area contributed by atoms with Gasteiger partial charge in [0.2, 0.25) is 0 Å². The second kappa shape index (κ2) is 7.57. The molecule has 1 atom stereocenters. The molecule has 27 heavy (non-hydrogen) atoms. The average Bonchev–Trinajstić information content (AvgIpc) is 3.13. The van der Waals surface area contributed by atoms with Crippen LogP contribution in [0.5, 0.6) is 0 Å². The second-order valence-electron chi connectivity index (χ2n) is 7.56. The lowest BCUT2D eigenvalue weighted by Gasteiger charge is -2.31. The van der Waals surface area contributed by atoms with Crippen molar-refractivity contribution in [3.8, 4) is 11.3 Å². The summed E-state index contributed by atoms with van der Waals surface area (Å²) in [4.78, 5) is 25.1. The van der Waals surface area contributed by atoms with E-state index in [2.05, 4.69) is 41.0 Å². The topological polar surface area (TPSA) is 98.7 Å². The molecule has 0 aliphatic rings. The lowest BCUT2D eigenvalue weighted by molar-refractivity contribution is 0.0892. The quantitative estimate of drug-likeness (QED) is 0.725. The van der Waals surface area contributed by atoms with Crippen LogP contribution in [-0.4, -0.2) is 31.5 Å². The van der Waals surface area contributed by atoms with Crippen molar-refractivity contribution in [1.29, 1.82) is 0 Å². The second-order valence-corrected chi connectivity index (χ2v) is 7.56. The summed E-state index contributed by atoms with van der Waals surface area (Å²) >= 11 is 0. The number of amides is 1. The molecule has 3 aromatic rings. The Balaban J connectivity index is 1.81. The monoisotopic (exact) mass is 364 g/mol. The van der Waals surface area contributed by atoms with E-state index in [9.17, 15) is 4.79 Å². The number of hydrogen-bond donors (Lipinski definition) is 2. The molecule has 7 heteroatoms. The maximum absolute atomic E-state index is 12.9. The van der Waals surface area contributed by atoms with Gasteiger partial charge in [0, 0.05) is 36.1 Å². The zero-order chi connectivity index (χ0) is 19.4. The van der Waals surface area contributed by atoms with E-state index in [1.807, 2.05) is 29.0 Å². The van der Waals surface area contributed by atoms with Crippen LogP contribution in [0.15, 0.2) is 55.4 Å². The number of hydrogen-bond acceptors (Lipinski definition) is 5. The number of nitrogens with zero attached hydrogens (tertiary/aromatic N) is 4. The standard InChI is InChI=1S/C20H24N6O/c1-20(2,3)17(11-26-8-7-22-13-26)25-19(27)15-6-4-5-14(9-15)16-10-18(21)24-12-23-16/h4-10,12-13,17H,11H2,1-3H3,(H,25,27)(H2,21,23,24). The van der Waals surface area contributed by atoms with E-state index in [1.54, 1.807) is 24.7 Å². The Bertz CT molecular complexity index is 914. The van der Waals surface area contributed by atoms with Crippen LogP contribution in [0.4, 0.5) is 5.82 Å². The van der Waals surface area contributed by atoms with Crippen molar-refractivity contribution in [2.75, 3.05) is 5.73 Å². The van der Waals surface area contributed by atoms with Crippen molar-refractivity contribution in [2.45, 2.75) is 33.4 Å². The summed E-state index contributed by atoms with van der Waals surface area (Å²) in [6.45, 7) is 6.97. The Morgan fingerprint density at radius 3 is 2.74 bits per heavy atom. The van der Waals surface area contributed by atoms with Gasteiger partial charge in [0.15, 0.2) is 0 Å². The first-order chi connectivity index (χ1) is 12.8. The Labute approximate surface area is 158 Å². The molecule has 1 aromatic carbocycles.